The Kier molecular flexibility index (Phi) is 5.19. The molecule has 0 spiro atoms. The van der Waals surface area contributed by atoms with Gasteiger partial charge in [0.05, 0.1) is 5.69 Å². The first-order valence-corrected chi connectivity index (χ1v) is 6.74. The predicted molar refractivity (Wildman–Crippen MR) is 73.1 cm³/mol. The second kappa shape index (κ2) is 6.20. The Balaban J connectivity index is 2.81. The monoisotopic (exact) mass is 237 g/mol. The molecule has 0 amide bonds. The largest absolute Gasteiger partial charge is 0.328 e. The predicted octanol–water partition coefficient (Wildman–Crippen LogP) is 2.83. The standard InChI is InChI=1S/C14H27N3/c1-6-7-10(2)9-17-13(5)14(8-11(3)15)12(4)16-17/h10-11H,6-9,15H2,1-5H3. The Morgan fingerprint density at radius 3 is 2.47 bits per heavy atom. The van der Waals surface area contributed by atoms with E-state index in [1.165, 1.54) is 24.1 Å². The van der Waals surface area contributed by atoms with Gasteiger partial charge in [-0.25, -0.2) is 0 Å². The van der Waals surface area contributed by atoms with Crippen LogP contribution in [0.25, 0.3) is 0 Å². The van der Waals surface area contributed by atoms with Crippen LogP contribution in [-0.4, -0.2) is 15.8 Å². The molecule has 0 aliphatic rings. The molecule has 0 fully saturated rings. The summed E-state index contributed by atoms with van der Waals surface area (Å²) in [5.41, 5.74) is 9.66. The van der Waals surface area contributed by atoms with E-state index >= 15 is 0 Å². The number of aryl methyl sites for hydroxylation is 1. The number of aromatic nitrogens is 2. The zero-order valence-corrected chi connectivity index (χ0v) is 12.0. The third-order valence-electron chi connectivity index (χ3n) is 3.32. The van der Waals surface area contributed by atoms with Crippen molar-refractivity contribution < 1.29 is 0 Å². The van der Waals surface area contributed by atoms with Gasteiger partial charge in [-0.1, -0.05) is 20.3 Å². The Hall–Kier alpha value is -0.830. The molecule has 1 aromatic rings. The lowest BCUT2D eigenvalue weighted by Crippen LogP contribution is -2.18. The van der Waals surface area contributed by atoms with Gasteiger partial charge >= 0.3 is 0 Å². The summed E-state index contributed by atoms with van der Waals surface area (Å²) >= 11 is 0. The van der Waals surface area contributed by atoms with Crippen LogP contribution in [0.15, 0.2) is 0 Å². The number of nitrogens with zero attached hydrogens (tertiary/aromatic N) is 2. The lowest BCUT2D eigenvalue weighted by Gasteiger charge is -2.12. The van der Waals surface area contributed by atoms with Crippen LogP contribution in [0.5, 0.6) is 0 Å². The average molecular weight is 237 g/mol. The Morgan fingerprint density at radius 1 is 1.29 bits per heavy atom. The highest BCUT2D eigenvalue weighted by Gasteiger charge is 2.14. The number of rotatable bonds is 6. The summed E-state index contributed by atoms with van der Waals surface area (Å²) in [5, 5.41) is 4.65. The maximum atomic E-state index is 5.88. The quantitative estimate of drug-likeness (QED) is 0.827. The maximum Gasteiger partial charge on any atom is 0.0629 e. The molecule has 0 saturated carbocycles. The third kappa shape index (κ3) is 3.84. The van der Waals surface area contributed by atoms with E-state index in [1.54, 1.807) is 0 Å². The summed E-state index contributed by atoms with van der Waals surface area (Å²) < 4.78 is 2.16. The lowest BCUT2D eigenvalue weighted by molar-refractivity contribution is 0.413. The summed E-state index contributed by atoms with van der Waals surface area (Å²) in [7, 11) is 0. The van der Waals surface area contributed by atoms with E-state index in [0.717, 1.165) is 18.7 Å². The van der Waals surface area contributed by atoms with E-state index in [9.17, 15) is 0 Å². The molecule has 0 bridgehead atoms. The van der Waals surface area contributed by atoms with E-state index in [0.29, 0.717) is 5.92 Å². The van der Waals surface area contributed by atoms with Gasteiger partial charge < -0.3 is 5.73 Å². The van der Waals surface area contributed by atoms with Crippen molar-refractivity contribution in [1.82, 2.24) is 9.78 Å². The molecular formula is C14H27N3. The van der Waals surface area contributed by atoms with E-state index in [4.69, 9.17) is 5.73 Å². The number of hydrogen-bond donors (Lipinski definition) is 1. The number of nitrogens with two attached hydrogens (primary N) is 1. The van der Waals surface area contributed by atoms with Crippen molar-refractivity contribution in [2.75, 3.05) is 0 Å². The van der Waals surface area contributed by atoms with Crippen LogP contribution in [-0.2, 0) is 13.0 Å². The van der Waals surface area contributed by atoms with Crippen LogP contribution in [0.2, 0.25) is 0 Å². The van der Waals surface area contributed by atoms with E-state index in [-0.39, 0.29) is 6.04 Å². The number of hydrogen-bond acceptors (Lipinski definition) is 2. The maximum absolute atomic E-state index is 5.88. The van der Waals surface area contributed by atoms with Gasteiger partial charge in [-0.05, 0) is 45.1 Å². The highest BCUT2D eigenvalue weighted by molar-refractivity contribution is 5.25. The topological polar surface area (TPSA) is 43.8 Å². The molecule has 0 saturated heterocycles. The fraction of sp³-hybridized carbons (Fsp3) is 0.786. The second-order valence-electron chi connectivity index (χ2n) is 5.41. The molecule has 3 heteroatoms. The highest BCUT2D eigenvalue weighted by Crippen LogP contribution is 2.17. The highest BCUT2D eigenvalue weighted by atomic mass is 15.3. The van der Waals surface area contributed by atoms with Gasteiger partial charge in [-0.3, -0.25) is 4.68 Å². The van der Waals surface area contributed by atoms with Gasteiger partial charge in [0.25, 0.3) is 0 Å². The first-order chi connectivity index (χ1) is 7.95. The van der Waals surface area contributed by atoms with Crippen molar-refractivity contribution in [2.45, 2.75) is 66.5 Å². The molecular weight excluding hydrogens is 210 g/mol. The molecule has 0 aliphatic heterocycles. The first kappa shape index (κ1) is 14.2. The molecule has 0 aromatic carbocycles. The summed E-state index contributed by atoms with van der Waals surface area (Å²) in [6.45, 7) is 11.9. The molecule has 3 nitrogen and oxygen atoms in total. The summed E-state index contributed by atoms with van der Waals surface area (Å²) in [5.74, 6) is 0.696. The molecule has 0 radical (unpaired) electrons. The summed E-state index contributed by atoms with van der Waals surface area (Å²) in [6.07, 6.45) is 3.44. The van der Waals surface area contributed by atoms with Crippen LogP contribution >= 0.6 is 0 Å². The molecule has 17 heavy (non-hydrogen) atoms. The molecule has 1 rings (SSSR count). The zero-order valence-electron chi connectivity index (χ0n) is 12.0. The van der Waals surface area contributed by atoms with E-state index in [1.807, 2.05) is 0 Å². The SMILES string of the molecule is CCCC(C)Cn1nc(C)c(CC(C)N)c1C. The molecule has 98 valence electrons. The van der Waals surface area contributed by atoms with Crippen LogP contribution in [0.4, 0.5) is 0 Å². The Labute approximate surface area is 105 Å². The fourth-order valence-electron chi connectivity index (χ4n) is 2.41. The summed E-state index contributed by atoms with van der Waals surface area (Å²) in [6, 6.07) is 0.207. The molecule has 1 heterocycles. The normalized spacial score (nSPS) is 14.9. The Bertz CT molecular complexity index is 353. The first-order valence-electron chi connectivity index (χ1n) is 6.74. The minimum Gasteiger partial charge on any atom is -0.328 e. The van der Waals surface area contributed by atoms with Gasteiger partial charge in [-0.15, -0.1) is 0 Å². The minimum absolute atomic E-state index is 0.207. The minimum atomic E-state index is 0.207. The molecule has 2 N–H and O–H groups in total. The average Bonchev–Trinajstić information content (AvgIpc) is 2.46. The molecule has 1 aromatic heterocycles. The van der Waals surface area contributed by atoms with Crippen molar-refractivity contribution in [1.29, 1.82) is 0 Å². The third-order valence-corrected chi connectivity index (χ3v) is 3.32. The van der Waals surface area contributed by atoms with Crippen molar-refractivity contribution in [2.24, 2.45) is 11.7 Å². The van der Waals surface area contributed by atoms with E-state index in [2.05, 4.69) is 44.4 Å². The van der Waals surface area contributed by atoms with Crippen molar-refractivity contribution >= 4 is 0 Å². The Morgan fingerprint density at radius 2 is 1.94 bits per heavy atom. The lowest BCUT2D eigenvalue weighted by atomic mass is 10.0. The fourth-order valence-corrected chi connectivity index (χ4v) is 2.41. The van der Waals surface area contributed by atoms with E-state index < -0.39 is 0 Å². The zero-order chi connectivity index (χ0) is 13.0. The van der Waals surface area contributed by atoms with Crippen LogP contribution in [0, 0.1) is 19.8 Å². The van der Waals surface area contributed by atoms with Crippen LogP contribution in [0.3, 0.4) is 0 Å². The summed E-state index contributed by atoms with van der Waals surface area (Å²) in [4.78, 5) is 0. The van der Waals surface area contributed by atoms with Gasteiger partial charge in [0.1, 0.15) is 0 Å². The molecule has 0 aliphatic carbocycles. The van der Waals surface area contributed by atoms with Gasteiger partial charge in [0, 0.05) is 18.3 Å². The van der Waals surface area contributed by atoms with Crippen molar-refractivity contribution in [3.63, 3.8) is 0 Å². The molecule has 2 atom stereocenters. The van der Waals surface area contributed by atoms with Crippen LogP contribution < -0.4 is 5.73 Å². The van der Waals surface area contributed by atoms with Crippen molar-refractivity contribution in [3.05, 3.63) is 17.0 Å². The van der Waals surface area contributed by atoms with Gasteiger partial charge in [0.15, 0.2) is 0 Å². The van der Waals surface area contributed by atoms with Gasteiger partial charge in [-0.2, -0.15) is 5.10 Å². The second-order valence-corrected chi connectivity index (χ2v) is 5.41. The smallest absolute Gasteiger partial charge is 0.0629 e. The molecule has 2 unspecified atom stereocenters. The van der Waals surface area contributed by atoms with Gasteiger partial charge in [0.2, 0.25) is 0 Å². The van der Waals surface area contributed by atoms with Crippen LogP contribution in [0.1, 0.15) is 50.6 Å². The van der Waals surface area contributed by atoms with Crippen molar-refractivity contribution in [3.8, 4) is 0 Å².